The molecule has 0 aromatic rings. The summed E-state index contributed by atoms with van der Waals surface area (Å²) in [5, 5.41) is 3.18. The Morgan fingerprint density at radius 2 is 1.88 bits per heavy atom. The first kappa shape index (κ1) is 23.1. The second-order valence-corrected chi connectivity index (χ2v) is 12.6. The van der Waals surface area contributed by atoms with Crippen molar-refractivity contribution < 1.29 is 17.4 Å². The Labute approximate surface area is 192 Å². The first-order chi connectivity index (χ1) is 14.9. The number of piperidine rings is 2. The largest absolute Gasteiger partial charge is 0.386 e. The molecule has 1 unspecified atom stereocenters. The van der Waals surface area contributed by atoms with Crippen LogP contribution in [0.1, 0.15) is 59.3 Å². The third-order valence-corrected chi connectivity index (χ3v) is 8.14. The molecule has 1 N–H and O–H groups in total. The lowest BCUT2D eigenvalue weighted by Crippen LogP contribution is -2.65. The number of nitrogens with one attached hydrogen (secondary N) is 1. The van der Waals surface area contributed by atoms with Crippen LogP contribution in [0.5, 0.6) is 0 Å². The minimum Gasteiger partial charge on any atom is -0.386 e. The predicted molar refractivity (Wildman–Crippen MR) is 126 cm³/mol. The van der Waals surface area contributed by atoms with Gasteiger partial charge in [-0.3, -0.25) is 4.79 Å². The molecule has 176 valence electrons. The number of nitrogens with zero attached hydrogens (tertiary/aromatic N) is 1. The van der Waals surface area contributed by atoms with Crippen LogP contribution in [0, 0.1) is 16.7 Å². The van der Waals surface area contributed by atoms with E-state index in [-0.39, 0.29) is 17.6 Å². The Bertz CT molecular complexity index is 971. The van der Waals surface area contributed by atoms with Gasteiger partial charge in [-0.25, -0.2) is 0 Å². The van der Waals surface area contributed by atoms with Crippen molar-refractivity contribution in [3.63, 3.8) is 0 Å². The normalized spacial score (nSPS) is 36.1. The van der Waals surface area contributed by atoms with Gasteiger partial charge in [0, 0.05) is 36.8 Å². The summed E-state index contributed by atoms with van der Waals surface area (Å²) in [7, 11) is -3.68. The smallest absolute Gasteiger partial charge is 0.306 e. The summed E-state index contributed by atoms with van der Waals surface area (Å²) >= 11 is 0. The zero-order chi connectivity index (χ0) is 23.3. The molecule has 2 saturated heterocycles. The van der Waals surface area contributed by atoms with Crippen LogP contribution < -0.4 is 5.32 Å². The number of rotatable bonds is 7. The fraction of sp³-hybridized carbons (Fsp3) is 0.640. The first-order valence-electron chi connectivity index (χ1n) is 11.6. The minimum absolute atomic E-state index is 0.0499. The maximum Gasteiger partial charge on any atom is 0.306 e. The summed E-state index contributed by atoms with van der Waals surface area (Å²) in [6.07, 6.45) is 13.9. The molecule has 3 heterocycles. The van der Waals surface area contributed by atoms with Crippen molar-refractivity contribution in [1.82, 2.24) is 10.2 Å². The molecule has 4 fully saturated rings. The molecule has 1 amide bonds. The van der Waals surface area contributed by atoms with Gasteiger partial charge in [0.1, 0.15) is 5.76 Å². The van der Waals surface area contributed by atoms with E-state index < -0.39 is 10.1 Å². The summed E-state index contributed by atoms with van der Waals surface area (Å²) in [5.41, 5.74) is 2.46. The Morgan fingerprint density at radius 1 is 1.28 bits per heavy atom. The van der Waals surface area contributed by atoms with Crippen molar-refractivity contribution in [1.29, 1.82) is 0 Å². The second kappa shape index (κ2) is 8.08. The summed E-state index contributed by atoms with van der Waals surface area (Å²) in [4.78, 5) is 15.7. The maximum atomic E-state index is 13.5. The van der Waals surface area contributed by atoms with Gasteiger partial charge in [0.15, 0.2) is 0 Å². The molecule has 6 nitrogen and oxygen atoms in total. The monoisotopic (exact) mass is 460 g/mol. The number of allylic oxidation sites excluding steroid dienone is 3. The van der Waals surface area contributed by atoms with Crippen LogP contribution in [-0.2, 0) is 19.1 Å². The number of carbonyl (C=O) groups is 1. The van der Waals surface area contributed by atoms with Crippen LogP contribution in [-0.4, -0.2) is 44.1 Å². The average molecular weight is 461 g/mol. The molecule has 1 atom stereocenters. The fourth-order valence-electron chi connectivity index (χ4n) is 7.10. The standard InChI is InChI=1S/C25H36N2O4S/c1-6-7-8-22(31-32(5,29)30)21-15-26-14-20(21)17(2)9-23(28)27-18-10-24(3)11-19(27)13-25(4,12-18)16-24/h6-8,14,17-19,26H,1,9-13,15-16H2,2-5H3/b8-7-,22-21-. The Kier molecular flexibility index (Phi) is 5.85. The molecule has 3 aliphatic heterocycles. The van der Waals surface area contributed by atoms with Gasteiger partial charge in [0.05, 0.1) is 6.26 Å². The highest BCUT2D eigenvalue weighted by molar-refractivity contribution is 7.86. The zero-order valence-electron chi connectivity index (χ0n) is 19.7. The fourth-order valence-corrected chi connectivity index (χ4v) is 7.58. The van der Waals surface area contributed by atoms with E-state index in [0.29, 0.717) is 35.9 Å². The minimum atomic E-state index is -3.68. The van der Waals surface area contributed by atoms with Gasteiger partial charge in [0.2, 0.25) is 5.91 Å². The van der Waals surface area contributed by atoms with E-state index >= 15 is 0 Å². The molecular weight excluding hydrogens is 424 g/mol. The Morgan fingerprint density at radius 3 is 2.41 bits per heavy atom. The lowest BCUT2D eigenvalue weighted by molar-refractivity contribution is -0.168. The van der Waals surface area contributed by atoms with Crippen molar-refractivity contribution in [3.05, 3.63) is 47.9 Å². The predicted octanol–water partition coefficient (Wildman–Crippen LogP) is 4.04. The van der Waals surface area contributed by atoms with Gasteiger partial charge in [-0.1, -0.05) is 39.5 Å². The van der Waals surface area contributed by atoms with Crippen molar-refractivity contribution in [2.45, 2.75) is 71.4 Å². The number of hydrogen-bond donors (Lipinski definition) is 1. The molecule has 0 radical (unpaired) electrons. The van der Waals surface area contributed by atoms with Crippen LogP contribution >= 0.6 is 0 Å². The van der Waals surface area contributed by atoms with Gasteiger partial charge < -0.3 is 14.4 Å². The third kappa shape index (κ3) is 4.54. The van der Waals surface area contributed by atoms with Gasteiger partial charge in [-0.2, -0.15) is 8.42 Å². The highest BCUT2D eigenvalue weighted by atomic mass is 32.2. The number of amides is 1. The summed E-state index contributed by atoms with van der Waals surface area (Å²) < 4.78 is 28.9. The number of carbonyl (C=O) groups excluding carboxylic acids is 1. The molecule has 7 heteroatoms. The molecule has 5 aliphatic rings. The van der Waals surface area contributed by atoms with Gasteiger partial charge in [-0.15, -0.1) is 0 Å². The van der Waals surface area contributed by atoms with E-state index in [1.54, 1.807) is 18.2 Å². The van der Waals surface area contributed by atoms with Gasteiger partial charge in [0.25, 0.3) is 0 Å². The van der Waals surface area contributed by atoms with Gasteiger partial charge >= 0.3 is 10.1 Å². The van der Waals surface area contributed by atoms with Gasteiger partial charge in [-0.05, 0) is 60.5 Å². The molecule has 32 heavy (non-hydrogen) atoms. The Balaban J connectivity index is 1.52. The molecular formula is C25H36N2O4S. The molecule has 2 saturated carbocycles. The molecule has 4 bridgehead atoms. The van der Waals surface area contributed by atoms with E-state index in [9.17, 15) is 13.2 Å². The topological polar surface area (TPSA) is 75.7 Å². The van der Waals surface area contributed by atoms with E-state index in [1.807, 2.05) is 13.1 Å². The molecule has 0 aromatic heterocycles. The van der Waals surface area contributed by atoms with Crippen LogP contribution in [0.3, 0.4) is 0 Å². The van der Waals surface area contributed by atoms with E-state index in [0.717, 1.165) is 43.1 Å². The summed E-state index contributed by atoms with van der Waals surface area (Å²) in [5.74, 6) is 0.447. The highest BCUT2D eigenvalue weighted by Gasteiger charge is 2.58. The van der Waals surface area contributed by atoms with Crippen LogP contribution in [0.4, 0.5) is 0 Å². The zero-order valence-corrected chi connectivity index (χ0v) is 20.5. The van der Waals surface area contributed by atoms with E-state index in [4.69, 9.17) is 4.18 Å². The number of hydrogen-bond acceptors (Lipinski definition) is 5. The van der Waals surface area contributed by atoms with Crippen molar-refractivity contribution in [2.24, 2.45) is 16.7 Å². The van der Waals surface area contributed by atoms with Crippen LogP contribution in [0.25, 0.3) is 0 Å². The average Bonchev–Trinajstić information content (AvgIpc) is 3.11. The lowest BCUT2D eigenvalue weighted by Gasteiger charge is -2.64. The Hall–Kier alpha value is -2.02. The molecule has 5 rings (SSSR count). The molecule has 2 aliphatic carbocycles. The maximum absolute atomic E-state index is 13.5. The van der Waals surface area contributed by atoms with Crippen LogP contribution in [0.15, 0.2) is 47.9 Å². The van der Waals surface area contributed by atoms with Crippen molar-refractivity contribution >= 4 is 16.0 Å². The summed E-state index contributed by atoms with van der Waals surface area (Å²) in [6, 6.07) is 0.715. The van der Waals surface area contributed by atoms with Crippen molar-refractivity contribution in [3.8, 4) is 0 Å². The van der Waals surface area contributed by atoms with E-state index in [1.165, 1.54) is 6.42 Å². The van der Waals surface area contributed by atoms with Crippen molar-refractivity contribution in [2.75, 3.05) is 12.8 Å². The third-order valence-electron chi connectivity index (χ3n) is 7.66. The first-order valence-corrected chi connectivity index (χ1v) is 13.4. The van der Waals surface area contributed by atoms with E-state index in [2.05, 4.69) is 30.6 Å². The second-order valence-electron chi connectivity index (χ2n) is 11.0. The highest BCUT2D eigenvalue weighted by Crippen LogP contribution is 2.61. The molecule has 0 aromatic carbocycles. The molecule has 0 spiro atoms. The van der Waals surface area contributed by atoms with Crippen LogP contribution in [0.2, 0.25) is 0 Å². The lowest BCUT2D eigenvalue weighted by atomic mass is 9.50. The SMILES string of the molecule is C=C/C=C\C(OS(C)(=O)=O)=C1/CNC=C1C(C)CC(=O)N1C2CC3(C)CC1CC(C)(C2)C3. The quantitative estimate of drug-likeness (QED) is 0.353. The summed E-state index contributed by atoms with van der Waals surface area (Å²) in [6.45, 7) is 11.0.